The number of carbonyl (C=O) groups is 1. The van der Waals surface area contributed by atoms with Crippen LogP contribution < -0.4 is 15.5 Å². The minimum atomic E-state index is 0.169. The fourth-order valence-corrected chi connectivity index (χ4v) is 2.90. The summed E-state index contributed by atoms with van der Waals surface area (Å²) in [5.41, 5.74) is 2.62. The van der Waals surface area contributed by atoms with Crippen molar-refractivity contribution in [3.8, 4) is 0 Å². The quantitative estimate of drug-likeness (QED) is 0.708. The molecule has 1 fully saturated rings. The first-order valence-corrected chi connectivity index (χ1v) is 8.64. The monoisotopic (exact) mass is 318 g/mol. The third kappa shape index (κ3) is 6.20. The van der Waals surface area contributed by atoms with Crippen LogP contribution >= 0.6 is 0 Å². The van der Waals surface area contributed by atoms with Crippen molar-refractivity contribution in [2.24, 2.45) is 0 Å². The number of benzene rings is 1. The van der Waals surface area contributed by atoms with Crippen LogP contribution in [0.3, 0.4) is 0 Å². The summed E-state index contributed by atoms with van der Waals surface area (Å²) in [6.45, 7) is 8.83. The second-order valence-corrected chi connectivity index (χ2v) is 6.22. The molecule has 5 nitrogen and oxygen atoms in total. The Morgan fingerprint density at radius 2 is 1.96 bits per heavy atom. The molecule has 1 aromatic rings. The molecule has 128 valence electrons. The molecule has 23 heavy (non-hydrogen) atoms. The van der Waals surface area contributed by atoms with E-state index in [9.17, 15) is 4.79 Å². The number of hydrogen-bond donors (Lipinski definition) is 2. The number of hydrogen-bond acceptors (Lipinski definition) is 4. The Morgan fingerprint density at radius 3 is 2.65 bits per heavy atom. The van der Waals surface area contributed by atoms with E-state index in [1.165, 1.54) is 11.3 Å². The number of amides is 1. The van der Waals surface area contributed by atoms with E-state index >= 15 is 0 Å². The predicted molar refractivity (Wildman–Crippen MR) is 96.0 cm³/mol. The topological polar surface area (TPSA) is 47.6 Å². The van der Waals surface area contributed by atoms with E-state index in [1.54, 1.807) is 0 Å². The molecule has 0 unspecified atom stereocenters. The molecule has 1 saturated heterocycles. The first-order chi connectivity index (χ1) is 11.2. The van der Waals surface area contributed by atoms with Crippen molar-refractivity contribution >= 4 is 11.6 Å². The van der Waals surface area contributed by atoms with Gasteiger partial charge in [-0.3, -0.25) is 9.69 Å². The molecule has 1 heterocycles. The summed E-state index contributed by atoms with van der Waals surface area (Å²) in [4.78, 5) is 16.6. The number of nitrogens with one attached hydrogen (secondary N) is 2. The van der Waals surface area contributed by atoms with Gasteiger partial charge < -0.3 is 15.5 Å². The molecule has 0 atom stereocenters. The lowest BCUT2D eigenvalue weighted by Crippen LogP contribution is -2.47. The Bertz CT molecular complexity index is 484. The summed E-state index contributed by atoms with van der Waals surface area (Å²) in [6.07, 6.45) is 1.58. The fraction of sp³-hybridized carbons (Fsp3) is 0.611. The summed E-state index contributed by atoms with van der Waals surface area (Å²) >= 11 is 0. The van der Waals surface area contributed by atoms with Crippen molar-refractivity contribution in [1.82, 2.24) is 15.5 Å². The summed E-state index contributed by atoms with van der Waals surface area (Å²) in [7, 11) is 1.93. The van der Waals surface area contributed by atoms with Crippen LogP contribution in [0.5, 0.6) is 0 Å². The van der Waals surface area contributed by atoms with Crippen molar-refractivity contribution in [2.75, 3.05) is 57.8 Å². The minimum absolute atomic E-state index is 0.169. The number of rotatable bonds is 8. The highest BCUT2D eigenvalue weighted by molar-refractivity contribution is 5.76. The number of nitrogens with zero attached hydrogens (tertiary/aromatic N) is 2. The van der Waals surface area contributed by atoms with Crippen molar-refractivity contribution in [1.29, 1.82) is 0 Å². The van der Waals surface area contributed by atoms with Gasteiger partial charge in [0.2, 0.25) is 5.91 Å². The maximum Gasteiger partial charge on any atom is 0.221 e. The lowest BCUT2D eigenvalue weighted by atomic mass is 10.2. The normalized spacial score (nSPS) is 15.7. The van der Waals surface area contributed by atoms with Gasteiger partial charge in [0, 0.05) is 51.4 Å². The molecule has 0 aromatic heterocycles. The van der Waals surface area contributed by atoms with Crippen LogP contribution in [0.2, 0.25) is 0 Å². The van der Waals surface area contributed by atoms with Gasteiger partial charge >= 0.3 is 0 Å². The van der Waals surface area contributed by atoms with Gasteiger partial charge in [-0.25, -0.2) is 0 Å². The maximum absolute atomic E-state index is 11.8. The SMILES string of the molecule is CNCCCNC(=O)CCN1CCN(c2cccc(C)c2)CC1. The Kier molecular flexibility index (Phi) is 7.36. The number of carbonyl (C=O) groups excluding carboxylic acids is 1. The molecule has 2 rings (SSSR count). The number of anilines is 1. The Hall–Kier alpha value is -1.59. The molecule has 5 heteroatoms. The average molecular weight is 318 g/mol. The molecule has 0 aliphatic carbocycles. The zero-order valence-electron chi connectivity index (χ0n) is 14.5. The van der Waals surface area contributed by atoms with E-state index in [2.05, 4.69) is 51.6 Å². The van der Waals surface area contributed by atoms with Crippen LogP contribution in [0.4, 0.5) is 5.69 Å². The van der Waals surface area contributed by atoms with E-state index in [1.807, 2.05) is 7.05 Å². The second kappa shape index (κ2) is 9.53. The summed E-state index contributed by atoms with van der Waals surface area (Å²) < 4.78 is 0. The van der Waals surface area contributed by atoms with Crippen LogP contribution in [0.25, 0.3) is 0 Å². The van der Waals surface area contributed by atoms with Gasteiger partial charge in [0.05, 0.1) is 0 Å². The molecule has 0 bridgehead atoms. The molecule has 2 N–H and O–H groups in total. The Labute approximate surface area is 140 Å². The van der Waals surface area contributed by atoms with Crippen molar-refractivity contribution in [3.05, 3.63) is 29.8 Å². The Balaban J connectivity index is 1.64. The summed E-state index contributed by atoms with van der Waals surface area (Å²) in [6, 6.07) is 8.68. The van der Waals surface area contributed by atoms with Gasteiger partial charge in [-0.2, -0.15) is 0 Å². The second-order valence-electron chi connectivity index (χ2n) is 6.22. The standard InChI is InChI=1S/C18H30N4O/c1-16-5-3-6-17(15-16)22-13-11-21(12-14-22)10-7-18(23)20-9-4-8-19-2/h3,5-6,15,19H,4,7-14H2,1-2H3,(H,20,23). The van der Waals surface area contributed by atoms with E-state index in [0.29, 0.717) is 6.42 Å². The van der Waals surface area contributed by atoms with E-state index < -0.39 is 0 Å². The highest BCUT2D eigenvalue weighted by atomic mass is 16.1. The summed E-state index contributed by atoms with van der Waals surface area (Å²) in [5.74, 6) is 0.169. The zero-order valence-corrected chi connectivity index (χ0v) is 14.5. The molecule has 1 aliphatic rings. The van der Waals surface area contributed by atoms with Gasteiger partial charge in [-0.05, 0) is 44.6 Å². The van der Waals surface area contributed by atoms with Crippen LogP contribution in [-0.2, 0) is 4.79 Å². The van der Waals surface area contributed by atoms with Crippen molar-refractivity contribution in [3.63, 3.8) is 0 Å². The van der Waals surface area contributed by atoms with E-state index in [4.69, 9.17) is 0 Å². The highest BCUT2D eigenvalue weighted by Gasteiger charge is 2.17. The third-order valence-electron chi connectivity index (χ3n) is 4.32. The van der Waals surface area contributed by atoms with Crippen LogP contribution in [0, 0.1) is 6.92 Å². The average Bonchev–Trinajstić information content (AvgIpc) is 2.57. The number of aryl methyl sites for hydroxylation is 1. The van der Waals surface area contributed by atoms with E-state index in [0.717, 1.165) is 52.2 Å². The highest BCUT2D eigenvalue weighted by Crippen LogP contribution is 2.17. The van der Waals surface area contributed by atoms with Crippen LogP contribution in [0.1, 0.15) is 18.4 Å². The zero-order chi connectivity index (χ0) is 16.5. The first-order valence-electron chi connectivity index (χ1n) is 8.64. The predicted octanol–water partition coefficient (Wildman–Crippen LogP) is 1.23. The molecule has 1 aliphatic heterocycles. The molecule has 0 saturated carbocycles. The lowest BCUT2D eigenvalue weighted by Gasteiger charge is -2.36. The smallest absolute Gasteiger partial charge is 0.221 e. The van der Waals surface area contributed by atoms with Crippen LogP contribution in [-0.4, -0.2) is 63.7 Å². The fourth-order valence-electron chi connectivity index (χ4n) is 2.90. The third-order valence-corrected chi connectivity index (χ3v) is 4.32. The molecule has 1 amide bonds. The molecule has 0 spiro atoms. The molecular weight excluding hydrogens is 288 g/mol. The Morgan fingerprint density at radius 1 is 1.17 bits per heavy atom. The summed E-state index contributed by atoms with van der Waals surface area (Å²) in [5, 5.41) is 6.06. The van der Waals surface area contributed by atoms with E-state index in [-0.39, 0.29) is 5.91 Å². The van der Waals surface area contributed by atoms with Crippen molar-refractivity contribution in [2.45, 2.75) is 19.8 Å². The minimum Gasteiger partial charge on any atom is -0.369 e. The maximum atomic E-state index is 11.8. The van der Waals surface area contributed by atoms with Gasteiger partial charge in [-0.1, -0.05) is 12.1 Å². The van der Waals surface area contributed by atoms with Crippen molar-refractivity contribution < 1.29 is 4.79 Å². The van der Waals surface area contributed by atoms with Gasteiger partial charge in [-0.15, -0.1) is 0 Å². The van der Waals surface area contributed by atoms with Crippen LogP contribution in [0.15, 0.2) is 24.3 Å². The molecule has 1 aromatic carbocycles. The lowest BCUT2D eigenvalue weighted by molar-refractivity contribution is -0.121. The van der Waals surface area contributed by atoms with Gasteiger partial charge in [0.25, 0.3) is 0 Å². The molecule has 0 radical (unpaired) electrons. The van der Waals surface area contributed by atoms with Gasteiger partial charge in [0.15, 0.2) is 0 Å². The largest absolute Gasteiger partial charge is 0.369 e. The van der Waals surface area contributed by atoms with Gasteiger partial charge in [0.1, 0.15) is 0 Å². The molecular formula is C18H30N4O. The number of piperazine rings is 1. The first kappa shape index (κ1) is 17.8.